The van der Waals surface area contributed by atoms with Crippen LogP contribution in [0.5, 0.6) is 5.88 Å². The van der Waals surface area contributed by atoms with E-state index < -0.39 is 11.2 Å². The lowest BCUT2D eigenvalue weighted by molar-refractivity contribution is 0.0859. The highest BCUT2D eigenvalue weighted by Crippen LogP contribution is 2.33. The van der Waals surface area contributed by atoms with Gasteiger partial charge in [0.05, 0.1) is 19.9 Å². The Morgan fingerprint density at radius 3 is 2.52 bits per heavy atom. The minimum absolute atomic E-state index is 0.127. The zero-order valence-electron chi connectivity index (χ0n) is 13.7. The Morgan fingerprint density at radius 2 is 1.96 bits per heavy atom. The summed E-state index contributed by atoms with van der Waals surface area (Å²) in [6, 6.07) is 6.38. The number of hydrogen-bond donors (Lipinski definition) is 1. The topological polar surface area (TPSA) is 59.4 Å². The number of hydrogen-bond acceptors (Lipinski definition) is 4. The van der Waals surface area contributed by atoms with Crippen LogP contribution in [0.4, 0.5) is 4.39 Å². The van der Waals surface area contributed by atoms with E-state index >= 15 is 0 Å². The number of carbonyl (C=O) groups excluding carboxylic acids is 1. The molecule has 5 heteroatoms. The van der Waals surface area contributed by atoms with Crippen molar-refractivity contribution in [2.75, 3.05) is 7.11 Å². The van der Waals surface area contributed by atoms with E-state index in [0.717, 1.165) is 6.20 Å². The number of methoxy groups -OCH3 is 1. The van der Waals surface area contributed by atoms with E-state index in [1.165, 1.54) is 13.2 Å². The molecule has 23 heavy (non-hydrogen) atoms. The van der Waals surface area contributed by atoms with Gasteiger partial charge in [-0.2, -0.15) is 0 Å². The summed E-state index contributed by atoms with van der Waals surface area (Å²) in [5, 5.41) is 9.33. The van der Waals surface area contributed by atoms with Crippen LogP contribution in [0.2, 0.25) is 0 Å². The number of rotatable bonds is 4. The Bertz CT molecular complexity index is 736. The lowest BCUT2D eigenvalue weighted by atomic mass is 9.83. The first-order chi connectivity index (χ1) is 10.8. The van der Waals surface area contributed by atoms with Gasteiger partial charge in [0.1, 0.15) is 5.82 Å². The number of ketones is 1. The quantitative estimate of drug-likeness (QED) is 0.875. The Hall–Kier alpha value is -2.27. The molecular weight excluding hydrogens is 297 g/mol. The van der Waals surface area contributed by atoms with Crippen LogP contribution in [-0.2, 0) is 6.61 Å². The van der Waals surface area contributed by atoms with E-state index in [1.807, 2.05) is 0 Å². The van der Waals surface area contributed by atoms with Crippen molar-refractivity contribution in [2.24, 2.45) is 5.41 Å². The largest absolute Gasteiger partial charge is 0.481 e. The van der Waals surface area contributed by atoms with Gasteiger partial charge in [0.15, 0.2) is 5.78 Å². The first-order valence-corrected chi connectivity index (χ1v) is 7.26. The maximum absolute atomic E-state index is 14.2. The number of nitrogens with zero attached hydrogens (tertiary/aromatic N) is 1. The molecule has 0 radical (unpaired) electrons. The fourth-order valence-corrected chi connectivity index (χ4v) is 2.25. The molecule has 0 saturated heterocycles. The van der Waals surface area contributed by atoms with Gasteiger partial charge in [-0.15, -0.1) is 0 Å². The number of pyridine rings is 1. The van der Waals surface area contributed by atoms with E-state index in [-0.39, 0.29) is 23.8 Å². The Kier molecular flexibility index (Phi) is 4.80. The van der Waals surface area contributed by atoms with Crippen molar-refractivity contribution in [3.63, 3.8) is 0 Å². The molecule has 2 aromatic rings. The predicted molar refractivity (Wildman–Crippen MR) is 85.9 cm³/mol. The molecule has 0 saturated carbocycles. The average Bonchev–Trinajstić information content (AvgIpc) is 2.53. The summed E-state index contributed by atoms with van der Waals surface area (Å²) in [6.45, 7) is 5.21. The third kappa shape index (κ3) is 3.56. The summed E-state index contributed by atoms with van der Waals surface area (Å²) >= 11 is 0. The van der Waals surface area contributed by atoms with Crippen LogP contribution >= 0.6 is 0 Å². The summed E-state index contributed by atoms with van der Waals surface area (Å²) in [6.07, 6.45) is 1.07. The van der Waals surface area contributed by atoms with E-state index in [1.54, 1.807) is 39.0 Å². The van der Waals surface area contributed by atoms with Crippen molar-refractivity contribution >= 4 is 5.78 Å². The van der Waals surface area contributed by atoms with Crippen molar-refractivity contribution < 1.29 is 19.0 Å². The first-order valence-electron chi connectivity index (χ1n) is 7.26. The lowest BCUT2D eigenvalue weighted by Gasteiger charge is -2.20. The highest BCUT2D eigenvalue weighted by Gasteiger charge is 2.26. The summed E-state index contributed by atoms with van der Waals surface area (Å²) in [4.78, 5) is 16.6. The van der Waals surface area contributed by atoms with Crippen LogP contribution < -0.4 is 4.74 Å². The maximum Gasteiger partial charge on any atom is 0.213 e. The summed E-state index contributed by atoms with van der Waals surface area (Å²) in [5.41, 5.74) is 1.05. The van der Waals surface area contributed by atoms with Crippen molar-refractivity contribution in [3.8, 4) is 17.0 Å². The van der Waals surface area contributed by atoms with Crippen molar-refractivity contribution in [3.05, 3.63) is 47.4 Å². The summed E-state index contributed by atoms with van der Waals surface area (Å²) in [7, 11) is 1.44. The number of aliphatic hydroxyl groups is 1. The molecule has 1 N–H and O–H groups in total. The predicted octanol–water partition coefficient (Wildman–Crippen LogP) is 3.62. The monoisotopic (exact) mass is 317 g/mol. The van der Waals surface area contributed by atoms with Crippen molar-refractivity contribution in [1.82, 2.24) is 4.98 Å². The van der Waals surface area contributed by atoms with E-state index in [0.29, 0.717) is 16.7 Å². The van der Waals surface area contributed by atoms with Crippen LogP contribution in [0.3, 0.4) is 0 Å². The van der Waals surface area contributed by atoms with Crippen LogP contribution in [0.15, 0.2) is 30.5 Å². The van der Waals surface area contributed by atoms with E-state index in [4.69, 9.17) is 4.74 Å². The van der Waals surface area contributed by atoms with E-state index in [2.05, 4.69) is 4.98 Å². The van der Waals surface area contributed by atoms with Gasteiger partial charge < -0.3 is 9.84 Å². The molecule has 0 spiro atoms. The van der Waals surface area contributed by atoms with Crippen LogP contribution in [0, 0.1) is 11.2 Å². The SMILES string of the molecule is COc1cc(-c2ccc(CO)cc2C(=O)C(C)(C)C)c(F)cn1. The number of benzene rings is 1. The minimum Gasteiger partial charge on any atom is -0.481 e. The minimum atomic E-state index is -0.629. The number of ether oxygens (including phenoxy) is 1. The molecular formula is C18H20FNO3. The number of aromatic nitrogens is 1. The fourth-order valence-electron chi connectivity index (χ4n) is 2.25. The number of Topliss-reactive ketones (excluding diaryl/α,β-unsaturated/α-hetero) is 1. The van der Waals surface area contributed by atoms with Crippen LogP contribution in [-0.4, -0.2) is 23.0 Å². The Morgan fingerprint density at radius 1 is 1.26 bits per heavy atom. The number of carbonyl (C=O) groups is 1. The maximum atomic E-state index is 14.2. The zero-order valence-corrected chi connectivity index (χ0v) is 13.7. The number of halogens is 1. The van der Waals surface area contributed by atoms with Gasteiger partial charge in [0.2, 0.25) is 5.88 Å². The zero-order chi connectivity index (χ0) is 17.2. The molecule has 4 nitrogen and oxygen atoms in total. The molecule has 1 heterocycles. The van der Waals surface area contributed by atoms with Crippen molar-refractivity contribution in [2.45, 2.75) is 27.4 Å². The van der Waals surface area contributed by atoms with E-state index in [9.17, 15) is 14.3 Å². The molecule has 0 unspecified atom stereocenters. The van der Waals surface area contributed by atoms with Gasteiger partial charge in [-0.25, -0.2) is 9.37 Å². The van der Waals surface area contributed by atoms with Gasteiger partial charge in [-0.05, 0) is 17.2 Å². The molecule has 2 rings (SSSR count). The molecule has 0 bridgehead atoms. The molecule has 0 atom stereocenters. The third-order valence-corrected chi connectivity index (χ3v) is 3.52. The van der Waals surface area contributed by atoms with Gasteiger partial charge in [0.25, 0.3) is 0 Å². The molecule has 0 aliphatic rings. The lowest BCUT2D eigenvalue weighted by Crippen LogP contribution is -2.21. The summed E-state index contributed by atoms with van der Waals surface area (Å²) in [5.74, 6) is -0.398. The molecule has 122 valence electrons. The third-order valence-electron chi connectivity index (χ3n) is 3.52. The van der Waals surface area contributed by atoms with Gasteiger partial charge in [0, 0.05) is 22.6 Å². The molecule has 0 aliphatic heterocycles. The van der Waals surface area contributed by atoms with Gasteiger partial charge in [-0.3, -0.25) is 4.79 Å². The highest BCUT2D eigenvalue weighted by atomic mass is 19.1. The Balaban J connectivity index is 2.70. The molecule has 1 aromatic carbocycles. The van der Waals surface area contributed by atoms with Crippen molar-refractivity contribution in [1.29, 1.82) is 0 Å². The second-order valence-electron chi connectivity index (χ2n) is 6.32. The van der Waals surface area contributed by atoms with Gasteiger partial charge in [-0.1, -0.05) is 32.9 Å². The second-order valence-corrected chi connectivity index (χ2v) is 6.32. The molecule has 0 amide bonds. The second kappa shape index (κ2) is 6.46. The highest BCUT2D eigenvalue weighted by molar-refractivity contribution is 6.05. The smallest absolute Gasteiger partial charge is 0.213 e. The van der Waals surface area contributed by atoms with Crippen LogP contribution in [0.1, 0.15) is 36.7 Å². The summed E-state index contributed by atoms with van der Waals surface area (Å²) < 4.78 is 19.3. The first kappa shape index (κ1) is 17.1. The standard InChI is InChI=1S/C18H20FNO3/c1-18(2,3)17(22)14-7-11(10-21)5-6-12(14)13-8-16(23-4)20-9-15(13)19/h5-9,21H,10H2,1-4H3. The fraction of sp³-hybridized carbons (Fsp3) is 0.333. The van der Waals surface area contributed by atoms with Gasteiger partial charge >= 0.3 is 0 Å². The van der Waals surface area contributed by atoms with Crippen LogP contribution in [0.25, 0.3) is 11.1 Å². The average molecular weight is 317 g/mol. The molecule has 0 aliphatic carbocycles. The normalized spacial score (nSPS) is 11.4. The molecule has 0 fully saturated rings. The molecule has 1 aromatic heterocycles. The number of aliphatic hydroxyl groups excluding tert-OH is 1. The Labute approximate surface area is 134 Å².